The summed E-state index contributed by atoms with van der Waals surface area (Å²) in [5.41, 5.74) is -0.437. The minimum absolute atomic E-state index is 0.0720. The maximum absolute atomic E-state index is 12.0. The molecule has 19 heavy (non-hydrogen) atoms. The van der Waals surface area contributed by atoms with Crippen LogP contribution in [0.25, 0.3) is 0 Å². The van der Waals surface area contributed by atoms with E-state index in [0.29, 0.717) is 11.4 Å². The van der Waals surface area contributed by atoms with E-state index in [-0.39, 0.29) is 5.13 Å². The Morgan fingerprint density at radius 3 is 2.84 bits per heavy atom. The number of nitrogens with zero attached hydrogens (tertiary/aromatic N) is 3. The third-order valence-electron chi connectivity index (χ3n) is 2.09. The summed E-state index contributed by atoms with van der Waals surface area (Å²) in [4.78, 5) is 10.9. The third-order valence-corrected chi connectivity index (χ3v) is 4.52. The maximum atomic E-state index is 12.0. The molecular weight excluding hydrogens is 294 g/mol. The van der Waals surface area contributed by atoms with Crippen LogP contribution in [0.15, 0.2) is 11.2 Å². The average molecular weight is 303 g/mol. The largest absolute Gasteiger partial charge is 0.478 e. The van der Waals surface area contributed by atoms with Gasteiger partial charge in [-0.15, -0.1) is 10.2 Å². The van der Waals surface area contributed by atoms with Gasteiger partial charge in [0.2, 0.25) is 5.13 Å². The van der Waals surface area contributed by atoms with Crippen molar-refractivity contribution in [1.29, 1.82) is 0 Å². The number of aryl methyl sites for hydroxylation is 1. The molecule has 0 atom stereocenters. The molecule has 2 heterocycles. The van der Waals surface area contributed by atoms with Crippen LogP contribution in [-0.4, -0.2) is 39.9 Å². The second-order valence-electron chi connectivity index (χ2n) is 3.38. The SMILES string of the molecule is CCc1nnc(NS(=O)(=O)c2[nH]ncc2C(=O)O)s1. The van der Waals surface area contributed by atoms with Gasteiger partial charge in [0.25, 0.3) is 10.0 Å². The zero-order valence-corrected chi connectivity index (χ0v) is 11.2. The van der Waals surface area contributed by atoms with E-state index >= 15 is 0 Å². The molecular formula is C8H9N5O4S2. The van der Waals surface area contributed by atoms with Gasteiger partial charge in [0.05, 0.1) is 6.20 Å². The van der Waals surface area contributed by atoms with Crippen molar-refractivity contribution < 1.29 is 18.3 Å². The first-order chi connectivity index (χ1) is 8.94. The summed E-state index contributed by atoms with van der Waals surface area (Å²) in [7, 11) is -4.08. The standard InChI is InChI=1S/C8H9N5O4S2/c1-2-5-10-12-8(18-5)13-19(16,17)6-4(7(14)15)3-9-11-6/h3H,2H2,1H3,(H,9,11)(H,12,13)(H,14,15). The van der Waals surface area contributed by atoms with Gasteiger partial charge < -0.3 is 5.11 Å². The molecule has 9 nitrogen and oxygen atoms in total. The molecule has 0 fully saturated rings. The van der Waals surface area contributed by atoms with Crippen molar-refractivity contribution in [3.63, 3.8) is 0 Å². The van der Waals surface area contributed by atoms with E-state index < -0.39 is 26.6 Å². The monoisotopic (exact) mass is 303 g/mol. The number of sulfonamides is 1. The fourth-order valence-electron chi connectivity index (χ4n) is 1.24. The van der Waals surface area contributed by atoms with Crippen LogP contribution in [0.1, 0.15) is 22.3 Å². The van der Waals surface area contributed by atoms with E-state index in [9.17, 15) is 13.2 Å². The molecule has 2 aromatic heterocycles. The number of rotatable bonds is 5. The number of nitrogens with one attached hydrogen (secondary N) is 2. The van der Waals surface area contributed by atoms with Crippen molar-refractivity contribution >= 4 is 32.5 Å². The number of hydrogen-bond acceptors (Lipinski definition) is 7. The minimum atomic E-state index is -4.08. The van der Waals surface area contributed by atoms with Gasteiger partial charge in [-0.2, -0.15) is 13.5 Å². The van der Waals surface area contributed by atoms with Crippen LogP contribution in [0.5, 0.6) is 0 Å². The van der Waals surface area contributed by atoms with Gasteiger partial charge in [-0.25, -0.2) is 4.79 Å². The van der Waals surface area contributed by atoms with Crippen LogP contribution in [0.4, 0.5) is 5.13 Å². The number of anilines is 1. The molecule has 0 aliphatic heterocycles. The van der Waals surface area contributed by atoms with Crippen molar-refractivity contribution in [2.75, 3.05) is 4.72 Å². The second kappa shape index (κ2) is 4.93. The Morgan fingerprint density at radius 2 is 2.26 bits per heavy atom. The minimum Gasteiger partial charge on any atom is -0.478 e. The van der Waals surface area contributed by atoms with E-state index in [1.807, 2.05) is 6.92 Å². The Bertz CT molecular complexity index is 704. The Morgan fingerprint density at radius 1 is 1.53 bits per heavy atom. The zero-order chi connectivity index (χ0) is 14.0. The smallest absolute Gasteiger partial charge is 0.340 e. The second-order valence-corrected chi connectivity index (χ2v) is 6.06. The Labute approximate surface area is 111 Å². The molecule has 2 rings (SSSR count). The van der Waals surface area contributed by atoms with Crippen LogP contribution in [0, 0.1) is 0 Å². The van der Waals surface area contributed by atoms with Crippen molar-refractivity contribution in [3.8, 4) is 0 Å². The van der Waals surface area contributed by atoms with E-state index in [1.165, 1.54) is 0 Å². The van der Waals surface area contributed by atoms with Crippen molar-refractivity contribution in [1.82, 2.24) is 20.4 Å². The Hall–Kier alpha value is -2.01. The lowest BCUT2D eigenvalue weighted by atomic mass is 10.4. The summed E-state index contributed by atoms with van der Waals surface area (Å²) < 4.78 is 26.1. The zero-order valence-electron chi connectivity index (χ0n) is 9.61. The average Bonchev–Trinajstić information content (AvgIpc) is 2.95. The van der Waals surface area contributed by atoms with Gasteiger partial charge in [0.1, 0.15) is 10.6 Å². The molecule has 0 aliphatic rings. The number of aromatic amines is 1. The topological polar surface area (TPSA) is 138 Å². The van der Waals surface area contributed by atoms with Crippen LogP contribution < -0.4 is 4.72 Å². The van der Waals surface area contributed by atoms with E-state index in [1.54, 1.807) is 0 Å². The van der Waals surface area contributed by atoms with Gasteiger partial charge in [-0.1, -0.05) is 18.3 Å². The highest BCUT2D eigenvalue weighted by Gasteiger charge is 2.25. The van der Waals surface area contributed by atoms with Crippen LogP contribution in [0.3, 0.4) is 0 Å². The number of carbonyl (C=O) groups is 1. The lowest BCUT2D eigenvalue weighted by Gasteiger charge is -2.02. The summed E-state index contributed by atoms with van der Waals surface area (Å²) >= 11 is 1.08. The maximum Gasteiger partial charge on any atom is 0.340 e. The first-order valence-corrected chi connectivity index (χ1v) is 7.36. The Kier molecular flexibility index (Phi) is 3.48. The number of hydrogen-bond donors (Lipinski definition) is 3. The van der Waals surface area contributed by atoms with Gasteiger partial charge in [0, 0.05) is 0 Å². The summed E-state index contributed by atoms with van der Waals surface area (Å²) in [6, 6.07) is 0. The normalized spacial score (nSPS) is 11.4. The molecule has 0 unspecified atom stereocenters. The van der Waals surface area contributed by atoms with Crippen molar-refractivity contribution in [3.05, 3.63) is 16.8 Å². The number of carboxylic acids is 1. The fourth-order valence-corrected chi connectivity index (χ4v) is 3.24. The molecule has 0 amide bonds. The fraction of sp³-hybridized carbons (Fsp3) is 0.250. The number of aromatic carboxylic acids is 1. The molecule has 102 valence electrons. The molecule has 0 bridgehead atoms. The van der Waals surface area contributed by atoms with Crippen molar-refractivity contribution in [2.24, 2.45) is 0 Å². The van der Waals surface area contributed by atoms with Crippen LogP contribution in [0.2, 0.25) is 0 Å². The van der Waals surface area contributed by atoms with Gasteiger partial charge in [0.15, 0.2) is 5.03 Å². The molecule has 0 spiro atoms. The highest BCUT2D eigenvalue weighted by Crippen LogP contribution is 2.20. The number of aromatic nitrogens is 4. The lowest BCUT2D eigenvalue weighted by Crippen LogP contribution is -2.16. The lowest BCUT2D eigenvalue weighted by molar-refractivity contribution is 0.0692. The van der Waals surface area contributed by atoms with E-state index in [2.05, 4.69) is 25.1 Å². The molecule has 11 heteroatoms. The molecule has 0 aliphatic carbocycles. The van der Waals surface area contributed by atoms with Gasteiger partial charge in [-0.05, 0) is 6.42 Å². The third kappa shape index (κ3) is 2.71. The van der Waals surface area contributed by atoms with Crippen LogP contribution >= 0.6 is 11.3 Å². The predicted molar refractivity (Wildman–Crippen MR) is 65.6 cm³/mol. The molecule has 0 radical (unpaired) electrons. The molecule has 0 saturated carbocycles. The number of carboxylic acid groups (broad SMARTS) is 1. The highest BCUT2D eigenvalue weighted by molar-refractivity contribution is 7.92. The van der Waals surface area contributed by atoms with Gasteiger partial charge in [-0.3, -0.25) is 9.82 Å². The predicted octanol–water partition coefficient (Wildman–Crippen LogP) is 0.323. The Balaban J connectivity index is 2.32. The van der Waals surface area contributed by atoms with E-state index in [0.717, 1.165) is 17.5 Å². The van der Waals surface area contributed by atoms with Gasteiger partial charge >= 0.3 is 5.97 Å². The molecule has 3 N–H and O–H groups in total. The highest BCUT2D eigenvalue weighted by atomic mass is 32.2. The van der Waals surface area contributed by atoms with E-state index in [4.69, 9.17) is 5.11 Å². The number of H-pyrrole nitrogens is 1. The molecule has 0 aromatic carbocycles. The molecule has 0 saturated heterocycles. The summed E-state index contributed by atoms with van der Waals surface area (Å²) in [5, 5.41) is 22.0. The quantitative estimate of drug-likeness (QED) is 0.723. The van der Waals surface area contributed by atoms with Crippen molar-refractivity contribution in [2.45, 2.75) is 18.4 Å². The summed E-state index contributed by atoms with van der Waals surface area (Å²) in [5.74, 6) is -1.39. The van der Waals surface area contributed by atoms with Crippen LogP contribution in [-0.2, 0) is 16.4 Å². The first kappa shape index (κ1) is 13.4. The summed E-state index contributed by atoms with van der Waals surface area (Å²) in [6.45, 7) is 1.86. The first-order valence-electron chi connectivity index (χ1n) is 5.06. The molecule has 2 aromatic rings. The summed E-state index contributed by atoms with van der Waals surface area (Å²) in [6.07, 6.45) is 1.55.